The number of ether oxygens (including phenoxy) is 1. The second kappa shape index (κ2) is 8.86. The Morgan fingerprint density at radius 2 is 1.96 bits per heavy atom. The third-order valence-corrected chi connectivity index (χ3v) is 4.54. The molecule has 5 nitrogen and oxygen atoms in total. The highest BCUT2D eigenvalue weighted by atomic mass is 35.5. The zero-order chi connectivity index (χ0) is 16.7. The average molecular weight is 356 g/mol. The Hall–Kier alpha value is -1.63. The van der Waals surface area contributed by atoms with Crippen molar-refractivity contribution in [3.8, 4) is 0 Å². The molecule has 0 radical (unpaired) electrons. The lowest BCUT2D eigenvalue weighted by atomic mass is 10.2. The topological polar surface area (TPSA) is 68.5 Å². The number of furan rings is 1. The summed E-state index contributed by atoms with van der Waals surface area (Å²) in [6, 6.07) is 10.5. The van der Waals surface area contributed by atoms with Crippen LogP contribution in [0.15, 0.2) is 40.8 Å². The summed E-state index contributed by atoms with van der Waals surface area (Å²) in [5.41, 5.74) is 0.942. The summed E-state index contributed by atoms with van der Waals surface area (Å²) in [4.78, 5) is 11.8. The average Bonchev–Trinajstić information content (AvgIpc) is 2.98. The lowest BCUT2D eigenvalue weighted by molar-refractivity contribution is 0.0908. The Morgan fingerprint density at radius 1 is 1.22 bits per heavy atom. The Morgan fingerprint density at radius 3 is 2.65 bits per heavy atom. The number of carbonyl (C=O) groups excluding carboxylic acids is 1. The molecule has 0 aliphatic rings. The Balaban J connectivity index is 1.87. The number of hydrogen-bond donors (Lipinski definition) is 1. The van der Waals surface area contributed by atoms with Gasteiger partial charge in [-0.25, -0.2) is 0 Å². The third kappa shape index (κ3) is 5.82. The van der Waals surface area contributed by atoms with Gasteiger partial charge in [-0.1, -0.05) is 23.7 Å². The molecule has 1 heterocycles. The molecular weight excluding hydrogens is 338 g/mol. The lowest BCUT2D eigenvalue weighted by Crippen LogP contribution is -2.26. The molecule has 0 saturated heterocycles. The number of methoxy groups -OCH3 is 1. The van der Waals surface area contributed by atoms with E-state index in [-0.39, 0.29) is 17.4 Å². The summed E-state index contributed by atoms with van der Waals surface area (Å²) in [5.74, 6) is 1.09. The van der Waals surface area contributed by atoms with Gasteiger partial charge in [0.05, 0.1) is 12.4 Å². The summed E-state index contributed by atoms with van der Waals surface area (Å²) in [6.07, 6.45) is 0. The summed E-state index contributed by atoms with van der Waals surface area (Å²) in [7, 11) is 0.439. The molecule has 2 rings (SSSR count). The zero-order valence-corrected chi connectivity index (χ0v) is 14.3. The molecule has 1 amide bonds. The number of carbonyl (C=O) groups is 1. The van der Waals surface area contributed by atoms with E-state index in [9.17, 15) is 9.00 Å². The highest BCUT2D eigenvalue weighted by Gasteiger charge is 2.12. The minimum absolute atomic E-state index is 0.208. The van der Waals surface area contributed by atoms with E-state index in [2.05, 4.69) is 5.32 Å². The van der Waals surface area contributed by atoms with E-state index in [4.69, 9.17) is 20.8 Å². The molecule has 124 valence electrons. The van der Waals surface area contributed by atoms with Gasteiger partial charge >= 0.3 is 0 Å². The second-order valence-electron chi connectivity index (χ2n) is 4.87. The van der Waals surface area contributed by atoms with Crippen molar-refractivity contribution in [2.45, 2.75) is 11.5 Å². The Kier molecular flexibility index (Phi) is 6.83. The van der Waals surface area contributed by atoms with Crippen molar-refractivity contribution in [2.24, 2.45) is 0 Å². The SMILES string of the molecule is COCCNC(=O)c1ccc(C[S@](=O)Cc2ccc(Cl)cc2)o1. The van der Waals surface area contributed by atoms with Crippen LogP contribution in [-0.2, 0) is 27.0 Å². The van der Waals surface area contributed by atoms with Crippen LogP contribution in [0.1, 0.15) is 21.9 Å². The molecule has 1 aromatic heterocycles. The van der Waals surface area contributed by atoms with Gasteiger partial charge in [0.2, 0.25) is 0 Å². The van der Waals surface area contributed by atoms with Crippen molar-refractivity contribution in [3.05, 3.63) is 58.5 Å². The van der Waals surface area contributed by atoms with Gasteiger partial charge in [0.1, 0.15) is 5.76 Å². The van der Waals surface area contributed by atoms with Crippen LogP contribution in [0, 0.1) is 0 Å². The molecule has 23 heavy (non-hydrogen) atoms. The van der Waals surface area contributed by atoms with Crippen LogP contribution in [0.3, 0.4) is 0 Å². The van der Waals surface area contributed by atoms with Gasteiger partial charge in [-0.2, -0.15) is 0 Å². The summed E-state index contributed by atoms with van der Waals surface area (Å²) >= 11 is 5.82. The molecule has 1 aromatic carbocycles. The van der Waals surface area contributed by atoms with Crippen LogP contribution < -0.4 is 5.32 Å². The van der Waals surface area contributed by atoms with E-state index in [1.54, 1.807) is 31.4 Å². The first kappa shape index (κ1) is 17.7. The van der Waals surface area contributed by atoms with Crippen molar-refractivity contribution < 1.29 is 18.2 Å². The van der Waals surface area contributed by atoms with Crippen LogP contribution in [0.25, 0.3) is 0 Å². The Bertz CT molecular complexity index is 669. The number of halogens is 1. The quantitative estimate of drug-likeness (QED) is 0.739. The van der Waals surface area contributed by atoms with Crippen LogP contribution in [-0.4, -0.2) is 30.4 Å². The number of nitrogens with one attached hydrogen (secondary N) is 1. The number of benzene rings is 1. The fourth-order valence-corrected chi connectivity index (χ4v) is 3.17. The van der Waals surface area contributed by atoms with Gasteiger partial charge < -0.3 is 14.5 Å². The maximum atomic E-state index is 12.2. The fourth-order valence-electron chi connectivity index (χ4n) is 1.91. The predicted octanol–water partition coefficient (Wildman–Crippen LogP) is 2.76. The van der Waals surface area contributed by atoms with E-state index in [0.29, 0.717) is 29.7 Å². The summed E-state index contributed by atoms with van der Waals surface area (Å²) < 4.78 is 22.5. The molecule has 1 atom stereocenters. The van der Waals surface area contributed by atoms with Crippen molar-refractivity contribution in [1.82, 2.24) is 5.32 Å². The van der Waals surface area contributed by atoms with Crippen molar-refractivity contribution >= 4 is 28.3 Å². The molecule has 0 aliphatic carbocycles. The normalized spacial score (nSPS) is 12.1. The van der Waals surface area contributed by atoms with Gasteiger partial charge in [0.25, 0.3) is 5.91 Å². The van der Waals surface area contributed by atoms with Crippen molar-refractivity contribution in [3.63, 3.8) is 0 Å². The van der Waals surface area contributed by atoms with Crippen LogP contribution >= 0.6 is 11.6 Å². The molecular formula is C16H18ClNO4S. The molecule has 0 unspecified atom stereocenters. The molecule has 0 bridgehead atoms. The van der Waals surface area contributed by atoms with Gasteiger partial charge in [-0.05, 0) is 29.8 Å². The van der Waals surface area contributed by atoms with E-state index < -0.39 is 10.8 Å². The Labute approximate surface area is 142 Å². The summed E-state index contributed by atoms with van der Waals surface area (Å²) in [6.45, 7) is 0.846. The number of amides is 1. The molecule has 0 saturated carbocycles. The highest BCUT2D eigenvalue weighted by Crippen LogP contribution is 2.15. The van der Waals surface area contributed by atoms with Crippen LogP contribution in [0.5, 0.6) is 0 Å². The highest BCUT2D eigenvalue weighted by molar-refractivity contribution is 7.83. The molecule has 7 heteroatoms. The molecule has 0 aliphatic heterocycles. The predicted molar refractivity (Wildman–Crippen MR) is 89.9 cm³/mol. The molecule has 0 spiro atoms. The minimum Gasteiger partial charge on any atom is -0.455 e. The van der Waals surface area contributed by atoms with E-state index in [0.717, 1.165) is 5.56 Å². The third-order valence-electron chi connectivity index (χ3n) is 3.02. The largest absolute Gasteiger partial charge is 0.455 e. The molecule has 2 aromatic rings. The van der Waals surface area contributed by atoms with Crippen LogP contribution in [0.2, 0.25) is 5.02 Å². The van der Waals surface area contributed by atoms with Gasteiger partial charge in [0, 0.05) is 35.2 Å². The first-order valence-corrected chi connectivity index (χ1v) is 8.90. The van der Waals surface area contributed by atoms with Gasteiger partial charge in [0.15, 0.2) is 5.76 Å². The lowest BCUT2D eigenvalue weighted by Gasteiger charge is -2.02. The first-order chi connectivity index (χ1) is 11.1. The molecule has 1 N–H and O–H groups in total. The monoisotopic (exact) mass is 355 g/mol. The fraction of sp³-hybridized carbons (Fsp3) is 0.312. The zero-order valence-electron chi connectivity index (χ0n) is 12.7. The van der Waals surface area contributed by atoms with Gasteiger partial charge in [-0.15, -0.1) is 0 Å². The van der Waals surface area contributed by atoms with E-state index >= 15 is 0 Å². The van der Waals surface area contributed by atoms with Crippen LogP contribution in [0.4, 0.5) is 0 Å². The standard InChI is InChI=1S/C16H18ClNO4S/c1-21-9-8-18-16(19)15-7-6-14(22-15)11-23(20)10-12-2-4-13(17)5-3-12/h2-7H,8-11H2,1H3,(H,18,19)/t23-/m1/s1. The number of hydrogen-bond acceptors (Lipinski definition) is 4. The smallest absolute Gasteiger partial charge is 0.287 e. The van der Waals surface area contributed by atoms with Crippen molar-refractivity contribution in [2.75, 3.05) is 20.3 Å². The number of rotatable bonds is 8. The van der Waals surface area contributed by atoms with Crippen molar-refractivity contribution in [1.29, 1.82) is 0 Å². The van der Waals surface area contributed by atoms with E-state index in [1.807, 2.05) is 12.1 Å². The van der Waals surface area contributed by atoms with Gasteiger partial charge in [-0.3, -0.25) is 9.00 Å². The maximum Gasteiger partial charge on any atom is 0.287 e. The maximum absolute atomic E-state index is 12.2. The summed E-state index contributed by atoms with van der Waals surface area (Å²) in [5, 5.41) is 3.31. The second-order valence-corrected chi connectivity index (χ2v) is 6.76. The van der Waals surface area contributed by atoms with E-state index in [1.165, 1.54) is 0 Å². The first-order valence-electron chi connectivity index (χ1n) is 7.04. The molecule has 0 fully saturated rings. The minimum atomic E-state index is -1.12.